The van der Waals surface area contributed by atoms with Crippen LogP contribution in [0.25, 0.3) is 0 Å². The molecule has 0 amide bonds. The fourth-order valence-corrected chi connectivity index (χ4v) is 2.04. The predicted octanol–water partition coefficient (Wildman–Crippen LogP) is 0.932. The van der Waals surface area contributed by atoms with E-state index in [0.717, 1.165) is 5.69 Å². The molecular weight excluding hydrogens is 156 g/mol. The quantitative estimate of drug-likeness (QED) is 0.566. The van der Waals surface area contributed by atoms with Crippen LogP contribution in [-0.4, -0.2) is 24.5 Å². The Kier molecular flexibility index (Phi) is 1.36. The molecule has 3 heteroatoms. The van der Waals surface area contributed by atoms with Crippen LogP contribution in [0.1, 0.15) is 24.1 Å². The van der Waals surface area contributed by atoms with E-state index in [2.05, 4.69) is 24.0 Å². The normalized spacial score (nSPS) is 21.2. The number of aryl methyl sites for hydroxylation is 1. The van der Waals surface area contributed by atoms with E-state index in [1.807, 2.05) is 13.1 Å². The van der Waals surface area contributed by atoms with E-state index >= 15 is 0 Å². The summed E-state index contributed by atoms with van der Waals surface area (Å²) in [4.78, 5) is 4.31. The Morgan fingerprint density at radius 3 is 2.77 bits per heavy atom. The van der Waals surface area contributed by atoms with Gasteiger partial charge in [0.2, 0.25) is 0 Å². The van der Waals surface area contributed by atoms with Crippen molar-refractivity contribution in [1.82, 2.24) is 4.98 Å². The first-order chi connectivity index (χ1) is 6.27. The molecule has 62 valence electrons. The molecule has 0 radical (unpaired) electrons. The zero-order chi connectivity index (χ0) is 8.89. The van der Waals surface area contributed by atoms with E-state index in [1.54, 1.807) is 0 Å². The SMILES string of the molecule is Cc1ccc(C2=BC3(B2)CC3)cn1. The summed E-state index contributed by atoms with van der Waals surface area (Å²) in [6.07, 6.45) is 4.82. The van der Waals surface area contributed by atoms with Crippen LogP contribution in [0.5, 0.6) is 0 Å². The summed E-state index contributed by atoms with van der Waals surface area (Å²) in [5, 5.41) is 2.16. The molecule has 1 aromatic rings. The monoisotopic (exact) mass is 167 g/mol. The van der Waals surface area contributed by atoms with E-state index in [9.17, 15) is 0 Å². The first-order valence-corrected chi connectivity index (χ1v) is 4.92. The van der Waals surface area contributed by atoms with Gasteiger partial charge in [-0.3, -0.25) is 0 Å². The van der Waals surface area contributed by atoms with Crippen molar-refractivity contribution in [3.63, 3.8) is 0 Å². The van der Waals surface area contributed by atoms with Gasteiger partial charge in [0.25, 0.3) is 0 Å². The van der Waals surface area contributed by atoms with Gasteiger partial charge in [-0.05, 0) is 0 Å². The average molecular weight is 167 g/mol. The molecule has 2 heterocycles. The maximum absolute atomic E-state index is 4.31. The summed E-state index contributed by atoms with van der Waals surface area (Å²) in [6.45, 7) is 4.47. The van der Waals surface area contributed by atoms with Crippen LogP contribution in [0.15, 0.2) is 18.3 Å². The number of pyridine rings is 1. The molecular formula is C10H11B2N. The van der Waals surface area contributed by atoms with Gasteiger partial charge >= 0.3 is 79.1 Å². The van der Waals surface area contributed by atoms with E-state index in [4.69, 9.17) is 0 Å². The standard InChI is InChI=1S/C10H11B2N/c1-7-2-3-8(6-13-7)9-11-10(12-9)4-5-10/h2-3,6,11H,4-5H2,1H3. The fourth-order valence-electron chi connectivity index (χ4n) is 2.04. The second-order valence-corrected chi connectivity index (χ2v) is 4.40. The van der Waals surface area contributed by atoms with Gasteiger partial charge in [-0.1, -0.05) is 0 Å². The Balaban J connectivity index is 1.90. The van der Waals surface area contributed by atoms with E-state index in [-0.39, 0.29) is 0 Å². The number of hydrogen-bond acceptors (Lipinski definition) is 1. The Labute approximate surface area is 79.7 Å². The molecule has 1 aromatic heterocycles. The predicted molar refractivity (Wildman–Crippen MR) is 57.9 cm³/mol. The van der Waals surface area contributed by atoms with Gasteiger partial charge in [0.1, 0.15) is 0 Å². The molecule has 1 aliphatic heterocycles. The third kappa shape index (κ3) is 1.18. The van der Waals surface area contributed by atoms with Gasteiger partial charge < -0.3 is 0 Å². The molecule has 0 unspecified atom stereocenters. The Morgan fingerprint density at radius 2 is 2.23 bits per heavy atom. The molecule has 0 saturated heterocycles. The van der Waals surface area contributed by atoms with Gasteiger partial charge in [-0.2, -0.15) is 0 Å². The molecule has 1 fully saturated rings. The summed E-state index contributed by atoms with van der Waals surface area (Å²) in [7, 11) is 1.29. The van der Waals surface area contributed by atoms with Crippen molar-refractivity contribution >= 4 is 19.6 Å². The molecule has 1 nitrogen and oxygen atoms in total. The van der Waals surface area contributed by atoms with Crippen molar-refractivity contribution < 1.29 is 0 Å². The van der Waals surface area contributed by atoms with Crippen molar-refractivity contribution in [3.05, 3.63) is 29.6 Å². The van der Waals surface area contributed by atoms with Gasteiger partial charge in [-0.15, -0.1) is 0 Å². The van der Waals surface area contributed by atoms with Gasteiger partial charge in [0, 0.05) is 0 Å². The Hall–Kier alpha value is -0.850. The summed E-state index contributed by atoms with van der Waals surface area (Å²) in [5.74, 6) is 0. The van der Waals surface area contributed by atoms with Crippen LogP contribution in [0.4, 0.5) is 0 Å². The first kappa shape index (κ1) is 7.54. The summed E-state index contributed by atoms with van der Waals surface area (Å²) >= 11 is 0. The second-order valence-electron chi connectivity index (χ2n) is 4.40. The molecule has 13 heavy (non-hydrogen) atoms. The molecule has 0 bridgehead atoms. The second kappa shape index (κ2) is 2.34. The van der Waals surface area contributed by atoms with Crippen molar-refractivity contribution in [2.24, 2.45) is 0 Å². The Morgan fingerprint density at radius 1 is 1.46 bits per heavy atom. The first-order valence-electron chi connectivity index (χ1n) is 4.92. The van der Waals surface area contributed by atoms with Crippen LogP contribution in [0.3, 0.4) is 0 Å². The third-order valence-electron chi connectivity index (χ3n) is 3.20. The van der Waals surface area contributed by atoms with Crippen LogP contribution in [-0.2, 0) is 0 Å². The van der Waals surface area contributed by atoms with Crippen LogP contribution in [0.2, 0.25) is 5.21 Å². The molecule has 1 saturated carbocycles. The molecule has 0 N–H and O–H groups in total. The Bertz CT molecular complexity index is 376. The minimum atomic E-state index is 0.653. The van der Waals surface area contributed by atoms with E-state index < -0.39 is 0 Å². The average Bonchev–Trinajstić information content (AvgIpc) is 2.83. The van der Waals surface area contributed by atoms with Crippen molar-refractivity contribution in [2.45, 2.75) is 25.0 Å². The van der Waals surface area contributed by atoms with Crippen LogP contribution in [0, 0.1) is 6.92 Å². The van der Waals surface area contributed by atoms with Crippen molar-refractivity contribution in [1.29, 1.82) is 0 Å². The van der Waals surface area contributed by atoms with Gasteiger partial charge in [0.05, 0.1) is 0 Å². The summed E-state index contributed by atoms with van der Waals surface area (Å²) in [6, 6.07) is 4.28. The molecule has 0 aromatic carbocycles. The maximum atomic E-state index is 4.31. The number of hydrogen-bond donors (Lipinski definition) is 0. The number of rotatable bonds is 1. The van der Waals surface area contributed by atoms with Crippen molar-refractivity contribution in [2.75, 3.05) is 0 Å². The van der Waals surface area contributed by atoms with Crippen molar-refractivity contribution in [3.8, 4) is 0 Å². The fraction of sp³-hybridized carbons (Fsp3) is 0.400. The number of nitrogens with zero attached hydrogens (tertiary/aromatic N) is 1. The topological polar surface area (TPSA) is 12.9 Å². The van der Waals surface area contributed by atoms with E-state index in [0.29, 0.717) is 5.21 Å². The van der Waals surface area contributed by atoms with Gasteiger partial charge in [-0.25, -0.2) is 0 Å². The zero-order valence-electron chi connectivity index (χ0n) is 7.88. The minimum absolute atomic E-state index is 0.653. The number of aromatic nitrogens is 1. The summed E-state index contributed by atoms with van der Waals surface area (Å²) < 4.78 is 0. The van der Waals surface area contributed by atoms with E-state index in [1.165, 1.54) is 31.0 Å². The molecule has 1 spiro atoms. The zero-order valence-corrected chi connectivity index (χ0v) is 7.88. The molecule has 1 aliphatic carbocycles. The van der Waals surface area contributed by atoms with Crippen LogP contribution >= 0.6 is 0 Å². The molecule has 2 aliphatic rings. The van der Waals surface area contributed by atoms with Gasteiger partial charge in [0.15, 0.2) is 0 Å². The van der Waals surface area contributed by atoms with Crippen LogP contribution < -0.4 is 0 Å². The summed E-state index contributed by atoms with van der Waals surface area (Å²) in [5.41, 5.74) is 2.42. The third-order valence-corrected chi connectivity index (χ3v) is 3.20. The molecule has 3 rings (SSSR count). The molecule has 0 atom stereocenters.